The van der Waals surface area contributed by atoms with Crippen molar-refractivity contribution >= 4 is 28.9 Å². The molecule has 0 radical (unpaired) electrons. The van der Waals surface area contributed by atoms with Crippen molar-refractivity contribution in [1.82, 2.24) is 0 Å². The number of rotatable bonds is 6. The number of hydrogen-bond acceptors (Lipinski definition) is 3. The topological polar surface area (TPSA) is 38.3 Å². The molecule has 0 saturated heterocycles. The van der Waals surface area contributed by atoms with Gasteiger partial charge in [-0.3, -0.25) is 4.79 Å². The lowest BCUT2D eigenvalue weighted by Gasteiger charge is -2.14. The van der Waals surface area contributed by atoms with Gasteiger partial charge in [0.25, 0.3) is 5.91 Å². The van der Waals surface area contributed by atoms with E-state index in [-0.39, 0.29) is 28.8 Å². The fourth-order valence-electron chi connectivity index (χ4n) is 2.11. The first-order chi connectivity index (χ1) is 11.9. The Kier molecular flexibility index (Phi) is 6.58. The molecule has 2 rings (SSSR count). The fraction of sp³-hybridized carbons (Fsp3) is 0.263. The average Bonchev–Trinajstić information content (AvgIpc) is 2.59. The Labute approximate surface area is 151 Å². The van der Waals surface area contributed by atoms with Gasteiger partial charge in [0.05, 0.1) is 11.8 Å². The number of halogens is 2. The summed E-state index contributed by atoms with van der Waals surface area (Å²) < 4.78 is 33.5. The van der Waals surface area contributed by atoms with Gasteiger partial charge in [-0.15, -0.1) is 0 Å². The Hall–Kier alpha value is -2.34. The quantitative estimate of drug-likeness (QED) is 0.742. The summed E-state index contributed by atoms with van der Waals surface area (Å²) in [6.45, 7) is 3.81. The zero-order chi connectivity index (χ0) is 18.4. The summed E-state index contributed by atoms with van der Waals surface area (Å²) in [4.78, 5) is 12.1. The maximum Gasteiger partial charge on any atom is 0.255 e. The van der Waals surface area contributed by atoms with Crippen molar-refractivity contribution in [2.45, 2.75) is 32.8 Å². The molecule has 0 aliphatic rings. The standard InChI is InChI=1S/C19H19F2NO2S/c1-3-12(2)24-18(25)10-14-9-17(16(21)11-15(14)20)22-19(23)13-7-5-4-6-8-13/h4-9,11-12H,3,10H2,1-2H3,(H,22,23). The van der Waals surface area contributed by atoms with Crippen LogP contribution < -0.4 is 5.32 Å². The Balaban J connectivity index is 2.17. The van der Waals surface area contributed by atoms with Crippen molar-refractivity contribution in [3.8, 4) is 0 Å². The number of hydrogen-bond donors (Lipinski definition) is 1. The smallest absolute Gasteiger partial charge is 0.255 e. The van der Waals surface area contributed by atoms with Gasteiger partial charge in [-0.1, -0.05) is 25.1 Å². The number of carbonyl (C=O) groups is 1. The molecule has 0 heterocycles. The predicted octanol–water partition coefficient (Wildman–Crippen LogP) is 4.90. The molecule has 3 nitrogen and oxygen atoms in total. The maximum atomic E-state index is 14.0. The SMILES string of the molecule is CCC(C)OC(=S)Cc1cc(NC(=O)c2ccccc2)c(F)cc1F. The Bertz CT molecular complexity index is 766. The Morgan fingerprint density at radius 3 is 2.52 bits per heavy atom. The molecule has 25 heavy (non-hydrogen) atoms. The molecule has 2 aromatic rings. The number of thiocarbonyl (C=S) groups is 1. The van der Waals surface area contributed by atoms with Crippen LogP contribution in [0.15, 0.2) is 42.5 Å². The fourth-order valence-corrected chi connectivity index (χ4v) is 2.43. The monoisotopic (exact) mass is 363 g/mol. The van der Waals surface area contributed by atoms with Gasteiger partial charge in [-0.25, -0.2) is 8.78 Å². The molecule has 0 aliphatic carbocycles. The molecule has 0 fully saturated rings. The molecule has 2 aromatic carbocycles. The predicted molar refractivity (Wildman–Crippen MR) is 97.9 cm³/mol. The third kappa shape index (κ3) is 5.32. The van der Waals surface area contributed by atoms with Gasteiger partial charge in [-0.2, -0.15) is 0 Å². The largest absolute Gasteiger partial charge is 0.484 e. The van der Waals surface area contributed by atoms with Gasteiger partial charge in [0.2, 0.25) is 0 Å². The molecular weight excluding hydrogens is 344 g/mol. The second kappa shape index (κ2) is 8.67. The van der Waals surface area contributed by atoms with Crippen LogP contribution in [0.1, 0.15) is 36.2 Å². The molecule has 0 bridgehead atoms. The van der Waals surface area contributed by atoms with Crippen molar-refractivity contribution in [2.75, 3.05) is 5.32 Å². The summed E-state index contributed by atoms with van der Waals surface area (Å²) in [6.07, 6.45) is 0.720. The first kappa shape index (κ1) is 19.0. The molecule has 0 saturated carbocycles. The normalized spacial score (nSPS) is 11.7. The van der Waals surface area contributed by atoms with E-state index in [0.29, 0.717) is 5.56 Å². The lowest BCUT2D eigenvalue weighted by molar-refractivity contribution is 0.102. The van der Waals surface area contributed by atoms with Gasteiger partial charge < -0.3 is 10.1 Å². The lowest BCUT2D eigenvalue weighted by atomic mass is 10.1. The summed E-state index contributed by atoms with van der Waals surface area (Å²) in [5.74, 6) is -2.06. The van der Waals surface area contributed by atoms with E-state index >= 15 is 0 Å². The van der Waals surface area contributed by atoms with Crippen LogP contribution in [-0.4, -0.2) is 17.1 Å². The zero-order valence-electron chi connectivity index (χ0n) is 14.0. The summed E-state index contributed by atoms with van der Waals surface area (Å²) in [6, 6.07) is 10.4. The first-order valence-electron chi connectivity index (χ1n) is 7.94. The number of anilines is 1. The minimum atomic E-state index is -0.848. The third-order valence-electron chi connectivity index (χ3n) is 3.66. The highest BCUT2D eigenvalue weighted by Crippen LogP contribution is 2.21. The molecule has 1 N–H and O–H groups in total. The van der Waals surface area contributed by atoms with E-state index in [4.69, 9.17) is 17.0 Å². The van der Waals surface area contributed by atoms with Crippen LogP contribution in [0.25, 0.3) is 0 Å². The van der Waals surface area contributed by atoms with E-state index in [0.717, 1.165) is 12.5 Å². The molecule has 132 valence electrons. The molecule has 1 amide bonds. The summed E-state index contributed by atoms with van der Waals surface area (Å²) in [5.41, 5.74) is 0.443. The highest BCUT2D eigenvalue weighted by atomic mass is 32.1. The van der Waals surface area contributed by atoms with E-state index in [1.54, 1.807) is 30.3 Å². The lowest BCUT2D eigenvalue weighted by Crippen LogP contribution is -2.16. The minimum absolute atomic E-state index is 0.0278. The van der Waals surface area contributed by atoms with E-state index < -0.39 is 17.5 Å². The summed E-state index contributed by atoms with van der Waals surface area (Å²) in [7, 11) is 0. The van der Waals surface area contributed by atoms with E-state index in [1.165, 1.54) is 6.07 Å². The Morgan fingerprint density at radius 1 is 1.20 bits per heavy atom. The minimum Gasteiger partial charge on any atom is -0.484 e. The maximum absolute atomic E-state index is 14.0. The van der Waals surface area contributed by atoms with Gasteiger partial charge in [0, 0.05) is 18.1 Å². The van der Waals surface area contributed by atoms with Crippen LogP contribution >= 0.6 is 12.2 Å². The first-order valence-corrected chi connectivity index (χ1v) is 8.35. The van der Waals surface area contributed by atoms with Crippen LogP contribution in [0.4, 0.5) is 14.5 Å². The number of amides is 1. The van der Waals surface area contributed by atoms with Crippen LogP contribution in [0.2, 0.25) is 0 Å². The van der Waals surface area contributed by atoms with Gasteiger partial charge >= 0.3 is 0 Å². The van der Waals surface area contributed by atoms with Crippen LogP contribution in [0.5, 0.6) is 0 Å². The van der Waals surface area contributed by atoms with Crippen LogP contribution in [-0.2, 0) is 11.2 Å². The van der Waals surface area contributed by atoms with E-state index in [2.05, 4.69) is 5.32 Å². The number of benzene rings is 2. The summed E-state index contributed by atoms with van der Waals surface area (Å²) >= 11 is 5.11. The second-order valence-corrected chi connectivity index (χ2v) is 6.08. The second-order valence-electron chi connectivity index (χ2n) is 5.63. The molecule has 6 heteroatoms. The molecule has 1 atom stereocenters. The van der Waals surface area contributed by atoms with Crippen molar-refractivity contribution in [3.05, 3.63) is 65.2 Å². The van der Waals surface area contributed by atoms with Crippen LogP contribution in [0, 0.1) is 11.6 Å². The van der Waals surface area contributed by atoms with Crippen molar-refractivity contribution in [3.63, 3.8) is 0 Å². The Morgan fingerprint density at radius 2 is 1.88 bits per heavy atom. The molecule has 0 spiro atoms. The van der Waals surface area contributed by atoms with Crippen molar-refractivity contribution in [2.24, 2.45) is 0 Å². The van der Waals surface area contributed by atoms with Gasteiger partial charge in [0.15, 0.2) is 5.05 Å². The van der Waals surface area contributed by atoms with Gasteiger partial charge in [-0.05, 0) is 49.3 Å². The number of nitrogens with one attached hydrogen (secondary N) is 1. The highest BCUT2D eigenvalue weighted by Gasteiger charge is 2.15. The summed E-state index contributed by atoms with van der Waals surface area (Å²) in [5, 5.41) is 2.68. The zero-order valence-corrected chi connectivity index (χ0v) is 14.8. The third-order valence-corrected chi connectivity index (χ3v) is 3.90. The van der Waals surface area contributed by atoms with Crippen molar-refractivity contribution in [1.29, 1.82) is 0 Å². The van der Waals surface area contributed by atoms with E-state index in [9.17, 15) is 13.6 Å². The molecule has 0 aromatic heterocycles. The molecular formula is C19H19F2NO2S. The molecule has 1 unspecified atom stereocenters. The van der Waals surface area contributed by atoms with Crippen LogP contribution in [0.3, 0.4) is 0 Å². The molecule has 0 aliphatic heterocycles. The van der Waals surface area contributed by atoms with Gasteiger partial charge in [0.1, 0.15) is 11.6 Å². The van der Waals surface area contributed by atoms with E-state index in [1.807, 2.05) is 13.8 Å². The number of carbonyl (C=O) groups excluding carboxylic acids is 1. The van der Waals surface area contributed by atoms with Crippen molar-refractivity contribution < 1.29 is 18.3 Å². The average molecular weight is 363 g/mol. The number of ether oxygens (including phenoxy) is 1. The highest BCUT2D eigenvalue weighted by molar-refractivity contribution is 7.80.